The second kappa shape index (κ2) is 12.2. The van der Waals surface area contributed by atoms with Gasteiger partial charge in [-0.3, -0.25) is 14.5 Å². The number of ether oxygens (including phenoxy) is 2. The number of nitrogens with zero attached hydrogens (tertiary/aromatic N) is 6. The number of aromatic nitrogens is 4. The van der Waals surface area contributed by atoms with Crippen molar-refractivity contribution >= 4 is 46.2 Å². The molecule has 4 heterocycles. The highest BCUT2D eigenvalue weighted by Crippen LogP contribution is 2.35. The average molecular weight is 660 g/mol. The number of rotatable bonds is 4. The summed E-state index contributed by atoms with van der Waals surface area (Å²) in [4.78, 5) is 50.6. The normalized spacial score (nSPS) is 14.7. The molecule has 3 aromatic heterocycles. The maximum Gasteiger partial charge on any atom is 0.424 e. The summed E-state index contributed by atoms with van der Waals surface area (Å²) < 4.78 is 28.5. The number of likely N-dealkylation sites (N-methyl/N-ethyl adjacent to an activating group) is 1. The van der Waals surface area contributed by atoms with Crippen molar-refractivity contribution in [3.63, 3.8) is 0 Å². The first-order chi connectivity index (χ1) is 22.2. The lowest BCUT2D eigenvalue weighted by atomic mass is 9.97. The van der Waals surface area contributed by atoms with E-state index in [1.807, 2.05) is 19.9 Å². The van der Waals surface area contributed by atoms with Crippen LogP contribution in [0.3, 0.4) is 0 Å². The number of imide groups is 1. The fraction of sp³-hybridized carbons (Fsp3) is 0.429. The molecule has 0 spiro atoms. The lowest BCUT2D eigenvalue weighted by molar-refractivity contribution is -0.134. The van der Waals surface area contributed by atoms with E-state index in [2.05, 4.69) is 20.4 Å². The maximum absolute atomic E-state index is 15.7. The van der Waals surface area contributed by atoms with Crippen molar-refractivity contribution in [2.75, 3.05) is 17.3 Å². The van der Waals surface area contributed by atoms with Crippen LogP contribution in [-0.4, -0.2) is 66.5 Å². The quantitative estimate of drug-likeness (QED) is 0.243. The molecular formula is C35H42FN7O5. The van der Waals surface area contributed by atoms with Crippen LogP contribution in [0.5, 0.6) is 0 Å². The van der Waals surface area contributed by atoms with Crippen LogP contribution in [0.1, 0.15) is 66.6 Å². The highest BCUT2D eigenvalue weighted by Gasteiger charge is 2.35. The molecule has 254 valence electrons. The predicted octanol–water partition coefficient (Wildman–Crippen LogP) is 7.15. The number of nitrogens with one attached hydrogen (secondary N) is 1. The van der Waals surface area contributed by atoms with Gasteiger partial charge in [0.25, 0.3) is 0 Å². The monoisotopic (exact) mass is 659 g/mol. The minimum Gasteiger partial charge on any atom is -0.443 e. The molecule has 1 aliphatic heterocycles. The van der Waals surface area contributed by atoms with Crippen LogP contribution in [0.25, 0.3) is 21.9 Å². The Morgan fingerprint density at radius 2 is 1.56 bits per heavy atom. The molecule has 0 bridgehead atoms. The summed E-state index contributed by atoms with van der Waals surface area (Å²) in [6.45, 7) is 15.9. The third-order valence-corrected chi connectivity index (χ3v) is 7.98. The Labute approximate surface area is 279 Å². The highest BCUT2D eigenvalue weighted by atomic mass is 19.1. The van der Waals surface area contributed by atoms with E-state index in [4.69, 9.17) is 9.47 Å². The van der Waals surface area contributed by atoms with Gasteiger partial charge in [0.05, 0.1) is 11.9 Å². The van der Waals surface area contributed by atoms with Gasteiger partial charge in [0, 0.05) is 59.7 Å². The summed E-state index contributed by atoms with van der Waals surface area (Å²) in [6.07, 6.45) is 3.11. The van der Waals surface area contributed by atoms with Crippen LogP contribution in [0, 0.1) is 12.7 Å². The molecule has 0 aliphatic carbocycles. The first-order valence-corrected chi connectivity index (χ1v) is 15.6. The van der Waals surface area contributed by atoms with Gasteiger partial charge < -0.3 is 19.7 Å². The molecular weight excluding hydrogens is 617 g/mol. The number of carbonyl (C=O) groups excluding carboxylic acids is 3. The van der Waals surface area contributed by atoms with Crippen LogP contribution < -0.4 is 10.2 Å². The molecule has 5 rings (SSSR count). The summed E-state index contributed by atoms with van der Waals surface area (Å²) in [5, 5.41) is 9.04. The number of halogens is 1. The zero-order chi connectivity index (χ0) is 35.3. The third-order valence-electron chi connectivity index (χ3n) is 7.98. The first-order valence-electron chi connectivity index (χ1n) is 15.6. The molecule has 1 aliphatic rings. The highest BCUT2D eigenvalue weighted by molar-refractivity contribution is 6.10. The largest absolute Gasteiger partial charge is 0.443 e. The Kier molecular flexibility index (Phi) is 8.70. The van der Waals surface area contributed by atoms with E-state index in [9.17, 15) is 14.4 Å². The van der Waals surface area contributed by atoms with Gasteiger partial charge in [-0.05, 0) is 91.5 Å². The standard InChI is InChI=1S/C35H42FN7O5/c1-20-25(17-37-18-27(20)43(31(45)47-33(2,3)4)32(46)48-34(5,6)7)24-11-21-13-28(38-16-22(21)12-26(24)36)39-29-14-23-15-35(8,9)41(10)30(44)19-42(23)40-29/h11-14,16-18H,15,19H2,1-10H3,(H,38,39,40). The van der Waals surface area contributed by atoms with Crippen molar-refractivity contribution in [2.24, 2.45) is 0 Å². The zero-order valence-electron chi connectivity index (χ0n) is 29.1. The van der Waals surface area contributed by atoms with E-state index in [-0.39, 0.29) is 29.2 Å². The topological polar surface area (TPSA) is 132 Å². The minimum absolute atomic E-state index is 0.0269. The summed E-state index contributed by atoms with van der Waals surface area (Å²) in [5.41, 5.74) is -0.175. The van der Waals surface area contributed by atoms with Gasteiger partial charge >= 0.3 is 12.2 Å². The van der Waals surface area contributed by atoms with Crippen LogP contribution in [-0.2, 0) is 27.2 Å². The lowest BCUT2D eigenvalue weighted by Crippen LogP contribution is -2.45. The molecule has 1 N–H and O–H groups in total. The third kappa shape index (κ3) is 7.24. The number of hydrogen-bond donors (Lipinski definition) is 1. The SMILES string of the molecule is Cc1c(-c2cc3cc(Nc4cc5n(n4)CC(=O)N(C)C(C)(C)C5)ncc3cc2F)cncc1N(C(=O)OC(C)(C)C)C(=O)OC(C)(C)C. The van der Waals surface area contributed by atoms with Gasteiger partial charge in [-0.15, -0.1) is 0 Å². The maximum atomic E-state index is 15.7. The van der Waals surface area contributed by atoms with E-state index in [1.54, 1.807) is 83.4 Å². The molecule has 4 aromatic rings. The number of fused-ring (bicyclic) bond motifs is 2. The number of hydrogen-bond acceptors (Lipinski definition) is 9. The van der Waals surface area contributed by atoms with Crippen molar-refractivity contribution in [3.8, 4) is 11.1 Å². The Balaban J connectivity index is 1.50. The molecule has 1 aromatic carbocycles. The van der Waals surface area contributed by atoms with Crippen molar-refractivity contribution in [2.45, 2.75) is 92.0 Å². The molecule has 12 nitrogen and oxygen atoms in total. The van der Waals surface area contributed by atoms with Crippen molar-refractivity contribution < 1.29 is 28.2 Å². The molecule has 3 amide bonds. The molecule has 0 unspecified atom stereocenters. The smallest absolute Gasteiger partial charge is 0.424 e. The zero-order valence-corrected chi connectivity index (χ0v) is 29.1. The molecule has 0 radical (unpaired) electrons. The van der Waals surface area contributed by atoms with E-state index in [0.29, 0.717) is 40.0 Å². The summed E-state index contributed by atoms with van der Waals surface area (Å²) in [7, 11) is 1.80. The number of amides is 3. The van der Waals surface area contributed by atoms with Gasteiger partial charge in [0.15, 0.2) is 5.82 Å². The van der Waals surface area contributed by atoms with Gasteiger partial charge in [-0.25, -0.2) is 19.0 Å². The molecule has 0 saturated heterocycles. The molecule has 0 saturated carbocycles. The predicted molar refractivity (Wildman–Crippen MR) is 181 cm³/mol. The Morgan fingerprint density at radius 3 is 2.19 bits per heavy atom. The minimum atomic E-state index is -0.948. The Bertz CT molecular complexity index is 1890. The van der Waals surface area contributed by atoms with E-state index < -0.39 is 29.2 Å². The second-order valence-electron chi connectivity index (χ2n) is 14.6. The Hall–Kier alpha value is -5.07. The van der Waals surface area contributed by atoms with E-state index in [0.717, 1.165) is 10.6 Å². The van der Waals surface area contributed by atoms with Crippen LogP contribution in [0.15, 0.2) is 42.9 Å². The fourth-order valence-corrected chi connectivity index (χ4v) is 5.40. The second-order valence-corrected chi connectivity index (χ2v) is 14.6. The van der Waals surface area contributed by atoms with Crippen molar-refractivity contribution in [1.29, 1.82) is 0 Å². The van der Waals surface area contributed by atoms with Crippen LogP contribution in [0.4, 0.5) is 31.3 Å². The van der Waals surface area contributed by atoms with Gasteiger partial charge in [-0.2, -0.15) is 10.00 Å². The van der Waals surface area contributed by atoms with Gasteiger partial charge in [-0.1, -0.05) is 0 Å². The summed E-state index contributed by atoms with van der Waals surface area (Å²) in [6, 6.07) is 6.70. The average Bonchev–Trinajstić information content (AvgIpc) is 3.27. The van der Waals surface area contributed by atoms with Crippen LogP contribution in [0.2, 0.25) is 0 Å². The van der Waals surface area contributed by atoms with Gasteiger partial charge in [0.2, 0.25) is 5.91 Å². The molecule has 13 heteroatoms. The fourth-order valence-electron chi connectivity index (χ4n) is 5.40. The van der Waals surface area contributed by atoms with E-state index in [1.165, 1.54) is 18.5 Å². The van der Waals surface area contributed by atoms with Gasteiger partial charge in [0.1, 0.15) is 29.4 Å². The van der Waals surface area contributed by atoms with Crippen molar-refractivity contribution in [1.82, 2.24) is 24.6 Å². The summed E-state index contributed by atoms with van der Waals surface area (Å²) >= 11 is 0. The Morgan fingerprint density at radius 1 is 0.917 bits per heavy atom. The first kappa shape index (κ1) is 34.3. The van der Waals surface area contributed by atoms with E-state index >= 15 is 4.39 Å². The number of benzene rings is 1. The molecule has 48 heavy (non-hydrogen) atoms. The van der Waals surface area contributed by atoms with Crippen LogP contribution >= 0.6 is 0 Å². The molecule has 0 fully saturated rings. The lowest BCUT2D eigenvalue weighted by Gasteiger charge is -2.33. The number of pyridine rings is 2. The number of carbonyl (C=O) groups is 3. The molecule has 0 atom stereocenters. The van der Waals surface area contributed by atoms with Crippen molar-refractivity contribution in [3.05, 3.63) is 59.9 Å². The number of anilines is 3. The summed E-state index contributed by atoms with van der Waals surface area (Å²) in [5.74, 6) is 0.439.